The molecule has 1 unspecified atom stereocenters. The van der Waals surface area contributed by atoms with Crippen LogP contribution in [0.2, 0.25) is 0 Å². The van der Waals surface area contributed by atoms with Crippen LogP contribution in [0.1, 0.15) is 59.2 Å². The lowest BCUT2D eigenvalue weighted by atomic mass is 9.89. The molecule has 0 bridgehead atoms. The lowest BCUT2D eigenvalue weighted by Crippen LogP contribution is -2.35. The molecule has 9 nitrogen and oxygen atoms in total. The van der Waals surface area contributed by atoms with Gasteiger partial charge in [0.25, 0.3) is 5.91 Å². The Bertz CT molecular complexity index is 2000. The molecule has 0 fully saturated rings. The minimum atomic E-state index is -3.20. The molecule has 1 aliphatic heterocycles. The number of alkyl halides is 2. The van der Waals surface area contributed by atoms with E-state index in [0.717, 1.165) is 28.4 Å². The standard InChI is InChI=1S/C38H40F2N4O5/c1-43(2)26-12-15-29-32(22-26)49-33-23-27(44(3)4)13-16-30(33)35(29)28-14-11-24(20-31(28)37(47)48)36(46)42-19-9-18-41-34(45)21-25-10-7-5-6-8-17-38(25,39)40/h11-16,20,22-23,25H,5-7,9-10,18-19,21H2,1-4H3,(H2-,41,42,45,46,47,48)/p+1. The number of hydrogen-bond donors (Lipinski definition) is 3. The maximum atomic E-state index is 14.3. The van der Waals surface area contributed by atoms with Crippen LogP contribution in [0.25, 0.3) is 33.4 Å². The third-order valence-corrected chi connectivity index (χ3v) is 8.77. The van der Waals surface area contributed by atoms with Crippen molar-refractivity contribution >= 4 is 34.4 Å². The van der Waals surface area contributed by atoms with Crippen molar-refractivity contribution in [1.29, 1.82) is 0 Å². The number of nitrogens with one attached hydrogen (secondary N) is 2. The highest BCUT2D eigenvalue weighted by Crippen LogP contribution is 2.42. The zero-order valence-corrected chi connectivity index (χ0v) is 28.2. The van der Waals surface area contributed by atoms with E-state index in [0.29, 0.717) is 41.7 Å². The van der Waals surface area contributed by atoms with Gasteiger partial charge in [-0.15, -0.1) is 0 Å². The molecule has 11 heteroatoms. The van der Waals surface area contributed by atoms with E-state index >= 15 is 0 Å². The largest absolute Gasteiger partial charge is 0.478 e. The molecule has 256 valence electrons. The van der Waals surface area contributed by atoms with Crippen LogP contribution >= 0.6 is 0 Å². The Morgan fingerprint density at radius 3 is 2.49 bits per heavy atom. The molecule has 2 amide bonds. The second-order valence-corrected chi connectivity index (χ2v) is 12.7. The van der Waals surface area contributed by atoms with Gasteiger partial charge in [-0.3, -0.25) is 9.59 Å². The highest BCUT2D eigenvalue weighted by atomic mass is 19.3. The molecule has 0 saturated carbocycles. The minimum absolute atomic E-state index is 0.0437. The summed E-state index contributed by atoms with van der Waals surface area (Å²) >= 11 is 0. The fraction of sp³-hybridized carbons (Fsp3) is 0.368. The zero-order chi connectivity index (χ0) is 35.3. The minimum Gasteiger partial charge on any atom is -0.478 e. The van der Waals surface area contributed by atoms with Crippen molar-refractivity contribution in [2.75, 3.05) is 46.2 Å². The lowest BCUT2D eigenvalue weighted by molar-refractivity contribution is -0.125. The quantitative estimate of drug-likeness (QED) is 0.0894. The van der Waals surface area contributed by atoms with Gasteiger partial charge in [-0.05, 0) is 61.1 Å². The maximum absolute atomic E-state index is 14.3. The van der Waals surface area contributed by atoms with Crippen LogP contribution in [0.15, 0.2) is 59.0 Å². The van der Waals surface area contributed by atoms with Gasteiger partial charge in [0.15, 0.2) is 0 Å². The molecule has 0 saturated heterocycles. The van der Waals surface area contributed by atoms with Gasteiger partial charge >= 0.3 is 11.9 Å². The van der Waals surface area contributed by atoms with Gasteiger partial charge < -0.3 is 25.1 Å². The van der Waals surface area contributed by atoms with Crippen molar-refractivity contribution in [3.63, 3.8) is 0 Å². The molecule has 2 aromatic rings. The Morgan fingerprint density at radius 2 is 1.76 bits per heavy atom. The van der Waals surface area contributed by atoms with Gasteiger partial charge in [-0.1, -0.05) is 18.4 Å². The predicted octanol–water partition coefficient (Wildman–Crippen LogP) is 5.46. The first-order chi connectivity index (χ1) is 23.4. The molecule has 0 spiro atoms. The van der Waals surface area contributed by atoms with Crippen LogP contribution in [-0.2, 0) is 4.79 Å². The summed E-state index contributed by atoms with van der Waals surface area (Å²) in [5.74, 6) is -1.37. The molecule has 2 aliphatic carbocycles. The van der Waals surface area contributed by atoms with Gasteiger partial charge in [0.05, 0.1) is 11.6 Å². The molecular formula is C38H41F2N4O5+. The summed E-state index contributed by atoms with van der Waals surface area (Å²) in [6.07, 6.45) is 2.06. The molecule has 49 heavy (non-hydrogen) atoms. The molecule has 3 N–H and O–H groups in total. The van der Waals surface area contributed by atoms with Crippen molar-refractivity contribution in [2.24, 2.45) is 5.92 Å². The topological polar surface area (TPSA) is 115 Å². The normalized spacial score (nSPS) is 15.4. The number of benzene rings is 3. The monoisotopic (exact) mass is 671 g/mol. The van der Waals surface area contributed by atoms with Crippen LogP contribution < -0.4 is 25.5 Å². The van der Waals surface area contributed by atoms with Crippen LogP contribution in [0.3, 0.4) is 0 Å². The van der Waals surface area contributed by atoms with E-state index < -0.39 is 29.6 Å². The Balaban J connectivity index is 1.33. The molecule has 0 aromatic heterocycles. The fourth-order valence-electron chi connectivity index (χ4n) is 6.01. The van der Waals surface area contributed by atoms with Gasteiger partial charge in [-0.25, -0.2) is 9.37 Å². The van der Waals surface area contributed by atoms with Crippen LogP contribution in [-0.4, -0.2) is 70.1 Å². The Kier molecular flexibility index (Phi) is 10.7. The highest BCUT2D eigenvalue weighted by molar-refractivity contribution is 6.09. The molecule has 5 rings (SSSR count). The van der Waals surface area contributed by atoms with E-state index in [9.17, 15) is 28.3 Å². The number of carbonyl (C=O) groups excluding carboxylic acids is 2. The van der Waals surface area contributed by atoms with Crippen LogP contribution in [0.4, 0.5) is 14.5 Å². The number of aromatic carboxylic acids is 1. The Labute approximate surface area is 284 Å². The third-order valence-electron chi connectivity index (χ3n) is 8.77. The number of anilines is 1. The molecule has 2 aromatic carbocycles. The maximum Gasteiger partial charge on any atom is 0.336 e. The second kappa shape index (κ2) is 14.9. The van der Waals surface area contributed by atoms with Crippen molar-refractivity contribution in [3.8, 4) is 34.3 Å². The van der Waals surface area contributed by atoms with Crippen molar-refractivity contribution in [1.82, 2.24) is 15.2 Å². The summed E-state index contributed by atoms with van der Waals surface area (Å²) in [6, 6.07) is 16.1. The van der Waals surface area contributed by atoms with Gasteiger partial charge in [0.1, 0.15) is 25.4 Å². The van der Waals surface area contributed by atoms with Gasteiger partial charge in [-0.2, -0.15) is 8.78 Å². The zero-order valence-electron chi connectivity index (χ0n) is 28.2. The summed E-state index contributed by atoms with van der Waals surface area (Å²) in [7, 11) is 7.70. The molecular weight excluding hydrogens is 630 g/mol. The fourth-order valence-corrected chi connectivity index (χ4v) is 6.01. The summed E-state index contributed by atoms with van der Waals surface area (Å²) in [6.45, 7) is 0.374. The number of halogens is 2. The van der Waals surface area contributed by atoms with Crippen molar-refractivity contribution in [2.45, 2.75) is 44.4 Å². The average Bonchev–Trinajstić information content (AvgIpc) is 3.06. The van der Waals surface area contributed by atoms with E-state index in [2.05, 4.69) is 16.6 Å². The van der Waals surface area contributed by atoms with E-state index in [-0.39, 0.29) is 37.1 Å². The third kappa shape index (κ3) is 8.08. The first-order valence-corrected chi connectivity index (χ1v) is 16.3. The van der Waals surface area contributed by atoms with Crippen LogP contribution in [0.5, 0.6) is 0 Å². The second-order valence-electron chi connectivity index (χ2n) is 12.7. The number of carbonyl (C=O) groups is 3. The van der Waals surface area contributed by atoms with E-state index in [1.807, 2.05) is 80.0 Å². The average molecular weight is 672 g/mol. The summed E-state index contributed by atoms with van der Waals surface area (Å²) < 4.78 is 37.0. The smallest absolute Gasteiger partial charge is 0.336 e. The van der Waals surface area contributed by atoms with E-state index in [1.54, 1.807) is 12.1 Å². The molecule has 1 atom stereocenters. The number of amides is 2. The SMILES string of the molecule is CN(C)c1ccc2c(-c3ccc(C(=O)NCCCNC(=O)CC4CCCCC#CC4(F)F)cc3C(=O)O)c3ccc(=[N+](C)C)cc-3oc2c1. The number of hydrogen-bond acceptors (Lipinski definition) is 5. The predicted molar refractivity (Wildman–Crippen MR) is 186 cm³/mol. The number of carboxylic acid groups (broad SMARTS) is 1. The first-order valence-electron chi connectivity index (χ1n) is 16.3. The van der Waals surface area contributed by atoms with Gasteiger partial charge in [0.2, 0.25) is 11.3 Å². The summed E-state index contributed by atoms with van der Waals surface area (Å²) in [5, 5.41) is 17.4. The number of fused-ring (bicyclic) bond motifs is 2. The Hall–Kier alpha value is -5.24. The number of carboxylic acids is 1. The first kappa shape index (κ1) is 35.1. The number of rotatable bonds is 10. The van der Waals surface area contributed by atoms with E-state index in [4.69, 9.17) is 4.42 Å². The lowest BCUT2D eigenvalue weighted by Gasteiger charge is -2.23. The molecule has 1 heterocycles. The summed E-state index contributed by atoms with van der Waals surface area (Å²) in [4.78, 5) is 40.1. The molecule has 3 aliphatic rings. The van der Waals surface area contributed by atoms with E-state index in [1.165, 1.54) is 6.07 Å². The summed E-state index contributed by atoms with van der Waals surface area (Å²) in [5.41, 5.74) is 3.46. The van der Waals surface area contributed by atoms with Gasteiger partial charge in [0, 0.05) is 85.8 Å². The van der Waals surface area contributed by atoms with Crippen LogP contribution in [0, 0.1) is 17.8 Å². The molecule has 0 radical (unpaired) electrons. The van der Waals surface area contributed by atoms with Crippen molar-refractivity contribution in [3.05, 3.63) is 71.1 Å². The van der Waals surface area contributed by atoms with Crippen molar-refractivity contribution < 1.29 is 32.7 Å². The highest BCUT2D eigenvalue weighted by Gasteiger charge is 2.39. The number of nitrogens with zero attached hydrogens (tertiary/aromatic N) is 2. The Morgan fingerprint density at radius 1 is 1.00 bits per heavy atom.